The molecule has 158 valence electrons. The normalized spacial score (nSPS) is 26.1. The lowest BCUT2D eigenvalue weighted by Gasteiger charge is -2.33. The van der Waals surface area contributed by atoms with E-state index in [2.05, 4.69) is 16.0 Å². The summed E-state index contributed by atoms with van der Waals surface area (Å²) in [5, 5.41) is 9.07. The summed E-state index contributed by atoms with van der Waals surface area (Å²) >= 11 is 0. The van der Waals surface area contributed by atoms with Crippen LogP contribution < -0.4 is 16.0 Å². The fraction of sp³-hybridized carbons (Fsp3) is 0.857. The Morgan fingerprint density at radius 2 is 1.68 bits per heavy atom. The highest BCUT2D eigenvalue weighted by atomic mass is 16.2. The number of carbonyl (C=O) groups is 3. The Balaban J connectivity index is 1.34. The van der Waals surface area contributed by atoms with Crippen molar-refractivity contribution in [3.8, 4) is 0 Å². The number of rotatable bonds is 7. The van der Waals surface area contributed by atoms with Gasteiger partial charge in [0.15, 0.2) is 0 Å². The molecule has 7 heteroatoms. The van der Waals surface area contributed by atoms with Crippen molar-refractivity contribution in [1.29, 1.82) is 0 Å². The lowest BCUT2D eigenvalue weighted by molar-refractivity contribution is -0.134. The van der Waals surface area contributed by atoms with Crippen LogP contribution in [0.3, 0.4) is 0 Å². The predicted molar refractivity (Wildman–Crippen MR) is 108 cm³/mol. The molecule has 3 amide bonds. The van der Waals surface area contributed by atoms with E-state index in [0.29, 0.717) is 31.3 Å². The number of amides is 3. The molecule has 3 fully saturated rings. The van der Waals surface area contributed by atoms with Gasteiger partial charge in [-0.1, -0.05) is 19.3 Å². The third kappa shape index (κ3) is 6.47. The zero-order chi connectivity index (χ0) is 19.8. The molecule has 28 heavy (non-hydrogen) atoms. The van der Waals surface area contributed by atoms with E-state index in [1.54, 1.807) is 0 Å². The molecule has 7 nitrogen and oxygen atoms in total. The van der Waals surface area contributed by atoms with Crippen LogP contribution in [0.1, 0.15) is 64.2 Å². The Bertz CT molecular complexity index is 542. The largest absolute Gasteiger partial charge is 0.354 e. The molecule has 1 aliphatic carbocycles. The lowest BCUT2D eigenvalue weighted by atomic mass is 9.87. The van der Waals surface area contributed by atoms with Crippen molar-refractivity contribution in [2.45, 2.75) is 70.3 Å². The van der Waals surface area contributed by atoms with E-state index in [4.69, 9.17) is 0 Å². The van der Waals surface area contributed by atoms with Crippen molar-refractivity contribution in [1.82, 2.24) is 20.9 Å². The molecule has 0 bridgehead atoms. The van der Waals surface area contributed by atoms with Crippen molar-refractivity contribution < 1.29 is 14.4 Å². The van der Waals surface area contributed by atoms with Crippen LogP contribution in [0, 0.1) is 11.8 Å². The van der Waals surface area contributed by atoms with E-state index >= 15 is 0 Å². The van der Waals surface area contributed by atoms with E-state index < -0.39 is 0 Å². The predicted octanol–water partition coefficient (Wildman–Crippen LogP) is 1.18. The van der Waals surface area contributed by atoms with E-state index in [0.717, 1.165) is 51.6 Å². The second-order valence-electron chi connectivity index (χ2n) is 8.73. The van der Waals surface area contributed by atoms with Crippen molar-refractivity contribution in [3.63, 3.8) is 0 Å². The number of hydrogen-bond acceptors (Lipinski definition) is 4. The summed E-state index contributed by atoms with van der Waals surface area (Å²) in [5.41, 5.74) is 0. The summed E-state index contributed by atoms with van der Waals surface area (Å²) < 4.78 is 0. The Labute approximate surface area is 168 Å². The van der Waals surface area contributed by atoms with Gasteiger partial charge in [-0.25, -0.2) is 0 Å². The van der Waals surface area contributed by atoms with Gasteiger partial charge in [-0.15, -0.1) is 0 Å². The SMILES string of the molecule is O=C(CC1CCCCC1)NCC(=O)N1CCCC(CNC(=O)C2CCCN2)C1. The van der Waals surface area contributed by atoms with Crippen molar-refractivity contribution in [2.75, 3.05) is 32.7 Å². The fourth-order valence-electron chi connectivity index (χ4n) is 4.75. The van der Waals surface area contributed by atoms with Crippen molar-refractivity contribution >= 4 is 17.7 Å². The van der Waals surface area contributed by atoms with Gasteiger partial charge in [0.05, 0.1) is 12.6 Å². The average Bonchev–Trinajstić information content (AvgIpc) is 3.26. The number of nitrogens with zero attached hydrogens (tertiary/aromatic N) is 1. The molecule has 0 aromatic carbocycles. The molecule has 2 aliphatic heterocycles. The third-order valence-corrected chi connectivity index (χ3v) is 6.45. The fourth-order valence-corrected chi connectivity index (χ4v) is 4.75. The van der Waals surface area contributed by atoms with Crippen molar-refractivity contribution in [3.05, 3.63) is 0 Å². The Hall–Kier alpha value is -1.63. The first kappa shape index (κ1) is 21.1. The second kappa shape index (κ2) is 10.8. The quantitative estimate of drug-likeness (QED) is 0.607. The lowest BCUT2D eigenvalue weighted by Crippen LogP contribution is -2.48. The molecule has 2 atom stereocenters. The molecule has 0 aromatic rings. The molecule has 0 spiro atoms. The first-order valence-electron chi connectivity index (χ1n) is 11.2. The highest BCUT2D eigenvalue weighted by molar-refractivity contribution is 5.85. The highest BCUT2D eigenvalue weighted by Crippen LogP contribution is 2.26. The van der Waals surface area contributed by atoms with Crippen molar-refractivity contribution in [2.24, 2.45) is 11.8 Å². The zero-order valence-electron chi connectivity index (χ0n) is 17.0. The summed E-state index contributed by atoms with van der Waals surface area (Å²) in [4.78, 5) is 38.6. The van der Waals surface area contributed by atoms with Crippen LogP contribution in [0.15, 0.2) is 0 Å². The van der Waals surface area contributed by atoms with Crippen LogP contribution in [0.2, 0.25) is 0 Å². The maximum atomic E-state index is 12.5. The second-order valence-corrected chi connectivity index (χ2v) is 8.73. The summed E-state index contributed by atoms with van der Waals surface area (Å²) in [6, 6.07) is -0.0549. The minimum atomic E-state index is -0.0549. The molecule has 2 unspecified atom stereocenters. The molecule has 0 aromatic heterocycles. The Morgan fingerprint density at radius 1 is 0.893 bits per heavy atom. The smallest absolute Gasteiger partial charge is 0.241 e. The monoisotopic (exact) mass is 392 g/mol. The minimum absolute atomic E-state index is 0.00476. The van der Waals surface area contributed by atoms with Gasteiger partial charge in [0.1, 0.15) is 0 Å². The first-order valence-corrected chi connectivity index (χ1v) is 11.2. The first-order chi connectivity index (χ1) is 13.6. The molecular weight excluding hydrogens is 356 g/mol. The number of likely N-dealkylation sites (tertiary alicyclic amines) is 1. The number of piperidine rings is 1. The summed E-state index contributed by atoms with van der Waals surface area (Å²) in [5.74, 6) is 0.855. The van der Waals surface area contributed by atoms with Gasteiger partial charge >= 0.3 is 0 Å². The van der Waals surface area contributed by atoms with Gasteiger partial charge in [-0.3, -0.25) is 14.4 Å². The molecule has 3 N–H and O–H groups in total. The highest BCUT2D eigenvalue weighted by Gasteiger charge is 2.26. The molecule has 2 saturated heterocycles. The topological polar surface area (TPSA) is 90.5 Å². The van der Waals surface area contributed by atoms with Crippen LogP contribution in [0.25, 0.3) is 0 Å². The number of hydrogen-bond donors (Lipinski definition) is 3. The van der Waals surface area contributed by atoms with Gasteiger partial charge in [-0.05, 0) is 56.9 Å². The van der Waals surface area contributed by atoms with Gasteiger partial charge in [0, 0.05) is 26.1 Å². The molecular formula is C21H36N4O3. The van der Waals surface area contributed by atoms with Crippen LogP contribution in [0.4, 0.5) is 0 Å². The average molecular weight is 393 g/mol. The number of carbonyl (C=O) groups excluding carboxylic acids is 3. The van der Waals surface area contributed by atoms with Gasteiger partial charge in [0.25, 0.3) is 0 Å². The molecule has 3 rings (SSSR count). The molecule has 3 aliphatic rings. The molecule has 2 heterocycles. The van der Waals surface area contributed by atoms with E-state index in [9.17, 15) is 14.4 Å². The maximum absolute atomic E-state index is 12.5. The third-order valence-electron chi connectivity index (χ3n) is 6.45. The standard InChI is InChI=1S/C21H36N4O3/c26-19(12-16-6-2-1-3-7-16)23-14-20(27)25-11-5-8-17(15-25)13-24-21(28)18-9-4-10-22-18/h16-18,22H,1-15H2,(H,23,26)(H,24,28). The van der Waals surface area contributed by atoms with Crippen LogP contribution in [-0.4, -0.2) is 61.4 Å². The summed E-state index contributed by atoms with van der Waals surface area (Å²) in [7, 11) is 0. The van der Waals surface area contributed by atoms with Gasteiger partial charge in [0.2, 0.25) is 17.7 Å². The van der Waals surface area contributed by atoms with Gasteiger partial charge in [-0.2, -0.15) is 0 Å². The summed E-state index contributed by atoms with van der Waals surface area (Å²) in [6.45, 7) is 3.03. The van der Waals surface area contributed by atoms with Crippen LogP contribution in [0.5, 0.6) is 0 Å². The molecule has 1 saturated carbocycles. The van der Waals surface area contributed by atoms with Gasteiger partial charge < -0.3 is 20.9 Å². The zero-order valence-corrected chi connectivity index (χ0v) is 17.0. The maximum Gasteiger partial charge on any atom is 0.241 e. The Kier molecular flexibility index (Phi) is 8.13. The van der Waals surface area contributed by atoms with E-state index in [1.165, 1.54) is 19.3 Å². The Morgan fingerprint density at radius 3 is 2.43 bits per heavy atom. The number of nitrogens with one attached hydrogen (secondary N) is 3. The molecule has 0 radical (unpaired) electrons. The van der Waals surface area contributed by atoms with Crippen LogP contribution in [-0.2, 0) is 14.4 Å². The summed E-state index contributed by atoms with van der Waals surface area (Å²) in [6.07, 6.45) is 10.5. The van der Waals surface area contributed by atoms with E-state index in [-0.39, 0.29) is 30.3 Å². The minimum Gasteiger partial charge on any atom is -0.354 e. The van der Waals surface area contributed by atoms with Crippen LogP contribution >= 0.6 is 0 Å². The van der Waals surface area contributed by atoms with E-state index in [1.807, 2.05) is 4.90 Å².